The molecule has 6 rings (SSSR count). The molecule has 156 valence electrons. The van der Waals surface area contributed by atoms with E-state index in [2.05, 4.69) is 20.6 Å². The molecule has 7 nitrogen and oxygen atoms in total. The molecule has 29 heavy (non-hydrogen) atoms. The Morgan fingerprint density at radius 2 is 1.83 bits per heavy atom. The summed E-state index contributed by atoms with van der Waals surface area (Å²) in [5, 5.41) is 16.1. The quantitative estimate of drug-likeness (QED) is 0.702. The second-order valence-corrected chi connectivity index (χ2v) is 10.9. The lowest BCUT2D eigenvalue weighted by Crippen LogP contribution is -2.48. The molecular weight excluding hydrogens is 386 g/mol. The highest BCUT2D eigenvalue weighted by molar-refractivity contribution is 8.00. The van der Waals surface area contributed by atoms with Crippen LogP contribution in [0.1, 0.15) is 71.2 Å². The lowest BCUT2D eigenvalue weighted by molar-refractivity contribution is -0.115. The van der Waals surface area contributed by atoms with Gasteiger partial charge in [-0.05, 0) is 77.0 Å². The van der Waals surface area contributed by atoms with Gasteiger partial charge in [0.2, 0.25) is 11.8 Å². The molecule has 4 aliphatic carbocycles. The van der Waals surface area contributed by atoms with Crippen LogP contribution in [0.5, 0.6) is 0 Å². The zero-order valence-corrected chi connectivity index (χ0v) is 18.1. The van der Waals surface area contributed by atoms with Gasteiger partial charge in [-0.15, -0.1) is 10.2 Å². The summed E-state index contributed by atoms with van der Waals surface area (Å²) in [5.74, 6) is 3.92. The number of nitrogens with one attached hydrogen (secondary N) is 1. The second-order valence-electron chi connectivity index (χ2n) is 9.58. The minimum Gasteiger partial charge on any atom is -0.415 e. The number of carbonyl (C=O) groups is 1. The van der Waals surface area contributed by atoms with Crippen molar-refractivity contribution in [3.8, 4) is 0 Å². The molecule has 1 atom stereocenters. The number of carbonyl (C=O) groups excluding carboxylic acids is 1. The van der Waals surface area contributed by atoms with Gasteiger partial charge in [-0.25, -0.2) is 4.68 Å². The van der Waals surface area contributed by atoms with E-state index in [0.29, 0.717) is 11.0 Å². The van der Waals surface area contributed by atoms with Crippen molar-refractivity contribution in [1.29, 1.82) is 0 Å². The normalized spacial score (nSPS) is 31.4. The Hall–Kier alpha value is -1.83. The first kappa shape index (κ1) is 19.2. The monoisotopic (exact) mass is 415 g/mol. The van der Waals surface area contributed by atoms with Gasteiger partial charge in [-0.1, -0.05) is 11.8 Å². The third-order valence-corrected chi connectivity index (χ3v) is 7.89. The molecule has 0 unspecified atom stereocenters. The number of anilines is 1. The Balaban J connectivity index is 1.25. The summed E-state index contributed by atoms with van der Waals surface area (Å²) in [6, 6.07) is 2.00. The first-order valence-corrected chi connectivity index (χ1v) is 11.6. The van der Waals surface area contributed by atoms with Gasteiger partial charge in [0, 0.05) is 17.5 Å². The van der Waals surface area contributed by atoms with Crippen LogP contribution in [0.25, 0.3) is 0 Å². The van der Waals surface area contributed by atoms with E-state index in [1.165, 1.54) is 50.3 Å². The van der Waals surface area contributed by atoms with Crippen molar-refractivity contribution in [1.82, 2.24) is 20.0 Å². The van der Waals surface area contributed by atoms with Gasteiger partial charge in [-0.2, -0.15) is 5.10 Å². The van der Waals surface area contributed by atoms with Crippen LogP contribution < -0.4 is 5.32 Å². The van der Waals surface area contributed by atoms with E-state index in [9.17, 15) is 4.79 Å². The molecule has 1 N–H and O–H groups in total. The Kier molecular flexibility index (Phi) is 4.72. The number of thioether (sulfide) groups is 1. The van der Waals surface area contributed by atoms with Gasteiger partial charge in [0.15, 0.2) is 0 Å². The van der Waals surface area contributed by atoms with E-state index >= 15 is 0 Å². The first-order valence-electron chi connectivity index (χ1n) is 10.8. The first-order chi connectivity index (χ1) is 13.9. The van der Waals surface area contributed by atoms with Crippen molar-refractivity contribution in [2.24, 2.45) is 17.8 Å². The van der Waals surface area contributed by atoms with E-state index in [1.807, 2.05) is 26.8 Å². The standard InChI is InChI=1S/C21H29N5O2S/c1-12(2)26-17(4-5-22-26)23-18(27)13(3)29-20-25-24-19(28-20)21-9-14-6-15(10-21)8-16(7-14)11-21/h4-5,12-16H,6-11H2,1-3H3,(H,23,27)/t13-,14?,15?,16?,21?/m0/s1. The van der Waals surface area contributed by atoms with Gasteiger partial charge >= 0.3 is 0 Å². The van der Waals surface area contributed by atoms with Crippen LogP contribution in [0.4, 0.5) is 5.82 Å². The van der Waals surface area contributed by atoms with Gasteiger partial charge in [0.1, 0.15) is 5.82 Å². The van der Waals surface area contributed by atoms with Crippen molar-refractivity contribution >= 4 is 23.5 Å². The molecule has 4 aliphatic rings. The lowest BCUT2D eigenvalue weighted by Gasteiger charge is -2.55. The van der Waals surface area contributed by atoms with Crippen molar-refractivity contribution < 1.29 is 9.21 Å². The molecule has 4 bridgehead atoms. The predicted octanol–water partition coefficient (Wildman–Crippen LogP) is 4.43. The summed E-state index contributed by atoms with van der Waals surface area (Å²) in [5.41, 5.74) is 0.0931. The maximum absolute atomic E-state index is 12.7. The Morgan fingerprint density at radius 1 is 1.17 bits per heavy atom. The molecule has 0 spiro atoms. The zero-order chi connectivity index (χ0) is 20.2. The van der Waals surface area contributed by atoms with E-state index in [4.69, 9.17) is 4.42 Å². The number of rotatable bonds is 6. The summed E-state index contributed by atoms with van der Waals surface area (Å²) < 4.78 is 7.93. The molecule has 0 saturated heterocycles. The van der Waals surface area contributed by atoms with E-state index in [1.54, 1.807) is 10.9 Å². The highest BCUT2D eigenvalue weighted by atomic mass is 32.2. The molecule has 2 heterocycles. The fraction of sp³-hybridized carbons (Fsp3) is 0.714. The van der Waals surface area contributed by atoms with Gasteiger partial charge in [0.05, 0.1) is 11.4 Å². The summed E-state index contributed by atoms with van der Waals surface area (Å²) in [7, 11) is 0. The summed E-state index contributed by atoms with van der Waals surface area (Å²) in [6.07, 6.45) is 9.45. The average molecular weight is 416 g/mol. The zero-order valence-electron chi connectivity index (χ0n) is 17.3. The SMILES string of the molecule is CC(C)n1nccc1NC(=O)[C@H](C)Sc1nnc(C23CC4CC(CC(C4)C2)C3)o1. The molecule has 8 heteroatoms. The number of hydrogen-bond donors (Lipinski definition) is 1. The third kappa shape index (κ3) is 3.49. The van der Waals surface area contributed by atoms with Crippen LogP contribution in [-0.4, -0.2) is 31.1 Å². The highest BCUT2D eigenvalue weighted by Gasteiger charge is 2.54. The van der Waals surface area contributed by atoms with E-state index in [-0.39, 0.29) is 22.6 Å². The van der Waals surface area contributed by atoms with Gasteiger partial charge < -0.3 is 9.73 Å². The highest BCUT2D eigenvalue weighted by Crippen LogP contribution is 2.60. The Bertz CT molecular complexity index is 869. The summed E-state index contributed by atoms with van der Waals surface area (Å²) in [6.45, 7) is 5.93. The van der Waals surface area contributed by atoms with Crippen molar-refractivity contribution in [2.75, 3.05) is 5.32 Å². The molecule has 2 aromatic heterocycles. The molecule has 2 aromatic rings. The minimum atomic E-state index is -0.338. The number of hydrogen-bond acceptors (Lipinski definition) is 6. The van der Waals surface area contributed by atoms with Crippen LogP contribution in [0, 0.1) is 17.8 Å². The van der Waals surface area contributed by atoms with Crippen LogP contribution >= 0.6 is 11.8 Å². The van der Waals surface area contributed by atoms with Gasteiger partial charge in [0.25, 0.3) is 5.22 Å². The minimum absolute atomic E-state index is 0.0908. The Labute approximate surface area is 175 Å². The predicted molar refractivity (Wildman–Crippen MR) is 111 cm³/mol. The van der Waals surface area contributed by atoms with Crippen LogP contribution in [0.3, 0.4) is 0 Å². The maximum atomic E-state index is 12.7. The smallest absolute Gasteiger partial charge is 0.277 e. The van der Waals surface area contributed by atoms with Gasteiger partial charge in [-0.3, -0.25) is 4.79 Å². The molecule has 1 amide bonds. The molecular formula is C21H29N5O2S. The average Bonchev–Trinajstić information content (AvgIpc) is 3.30. The molecule has 0 aromatic carbocycles. The summed E-state index contributed by atoms with van der Waals surface area (Å²) in [4.78, 5) is 12.7. The van der Waals surface area contributed by atoms with Crippen molar-refractivity contribution in [2.45, 2.75) is 81.2 Å². The maximum Gasteiger partial charge on any atom is 0.277 e. The fourth-order valence-corrected chi connectivity index (χ4v) is 6.79. The summed E-state index contributed by atoms with van der Waals surface area (Å²) >= 11 is 1.33. The van der Waals surface area contributed by atoms with Crippen molar-refractivity contribution in [3.05, 3.63) is 18.2 Å². The number of aromatic nitrogens is 4. The largest absolute Gasteiger partial charge is 0.415 e. The number of amides is 1. The van der Waals surface area contributed by atoms with Crippen LogP contribution in [0.15, 0.2) is 21.9 Å². The van der Waals surface area contributed by atoms with E-state index < -0.39 is 0 Å². The number of nitrogens with zero attached hydrogens (tertiary/aromatic N) is 4. The fourth-order valence-electron chi connectivity index (χ4n) is 6.10. The Morgan fingerprint density at radius 3 is 2.45 bits per heavy atom. The molecule has 0 radical (unpaired) electrons. The molecule has 0 aliphatic heterocycles. The van der Waals surface area contributed by atoms with E-state index in [0.717, 1.165) is 23.6 Å². The molecule has 4 fully saturated rings. The molecule has 4 saturated carbocycles. The lowest BCUT2D eigenvalue weighted by atomic mass is 9.49. The topological polar surface area (TPSA) is 85.8 Å². The van der Waals surface area contributed by atoms with Crippen LogP contribution in [0.2, 0.25) is 0 Å². The van der Waals surface area contributed by atoms with Crippen LogP contribution in [-0.2, 0) is 10.2 Å². The third-order valence-electron chi connectivity index (χ3n) is 6.96. The second kappa shape index (κ2) is 7.15. The van der Waals surface area contributed by atoms with Crippen molar-refractivity contribution in [3.63, 3.8) is 0 Å².